The third-order valence-corrected chi connectivity index (χ3v) is 9.61. The van der Waals surface area contributed by atoms with Crippen LogP contribution in [0.25, 0.3) is 0 Å². The number of thioether (sulfide) groups is 1. The van der Waals surface area contributed by atoms with Crippen LogP contribution >= 0.6 is 23.4 Å². The van der Waals surface area contributed by atoms with Crippen LogP contribution in [0.15, 0.2) is 53.5 Å². The average molecular weight is 618 g/mol. The molecule has 4 rings (SSSR count). The second kappa shape index (κ2) is 11.2. The zero-order valence-corrected chi connectivity index (χ0v) is 24.1. The van der Waals surface area contributed by atoms with Gasteiger partial charge in [-0.15, -0.1) is 0 Å². The fourth-order valence-corrected chi connectivity index (χ4v) is 8.51. The maximum atomic E-state index is 13.5. The number of sulfone groups is 1. The number of rotatable bonds is 5. The van der Waals surface area contributed by atoms with Crippen molar-refractivity contribution in [1.29, 1.82) is 0 Å². The molecule has 2 heterocycles. The number of amidine groups is 1. The summed E-state index contributed by atoms with van der Waals surface area (Å²) in [4.78, 5) is 31.6. The monoisotopic (exact) mass is 617 g/mol. The Bertz CT molecular complexity index is 1430. The van der Waals surface area contributed by atoms with Gasteiger partial charge in [0, 0.05) is 11.7 Å². The molecule has 0 aliphatic carbocycles. The quantitative estimate of drug-likeness (QED) is 0.498. The first-order chi connectivity index (χ1) is 18.5. The smallest absolute Gasteiger partial charge is 0.416 e. The highest BCUT2D eigenvalue weighted by molar-refractivity contribution is 8.16. The molecular weight excluding hydrogens is 591 g/mol. The van der Waals surface area contributed by atoms with Gasteiger partial charge < -0.3 is 15.0 Å². The van der Waals surface area contributed by atoms with Gasteiger partial charge in [0.05, 0.1) is 33.8 Å². The minimum Gasteiger partial charge on any atom is -0.444 e. The van der Waals surface area contributed by atoms with Crippen molar-refractivity contribution < 1.29 is 35.9 Å². The van der Waals surface area contributed by atoms with Gasteiger partial charge >= 0.3 is 12.3 Å². The summed E-state index contributed by atoms with van der Waals surface area (Å²) in [7, 11) is -3.48. The van der Waals surface area contributed by atoms with Crippen LogP contribution in [0.1, 0.15) is 31.9 Å². The molecule has 2 saturated heterocycles. The lowest BCUT2D eigenvalue weighted by atomic mass is 10.1. The number of carbonyl (C=O) groups is 2. The molecule has 2 fully saturated rings. The van der Waals surface area contributed by atoms with Gasteiger partial charge in [-0.3, -0.25) is 4.79 Å². The number of alkyl halides is 3. The van der Waals surface area contributed by atoms with Crippen LogP contribution in [0.2, 0.25) is 5.02 Å². The molecule has 2 aromatic carbocycles. The first-order valence-electron chi connectivity index (χ1n) is 12.2. The number of carbonyl (C=O) groups excluding carboxylic acids is 2. The Balaban J connectivity index is 1.72. The molecule has 0 bridgehead atoms. The Morgan fingerprint density at radius 1 is 1.15 bits per heavy atom. The van der Waals surface area contributed by atoms with E-state index in [-0.39, 0.29) is 33.8 Å². The van der Waals surface area contributed by atoms with E-state index >= 15 is 0 Å². The van der Waals surface area contributed by atoms with Crippen LogP contribution in [0, 0.1) is 0 Å². The SMILES string of the molecule is CC(C)(C)OC(=O)N[C@H](Cc1ccccc1)C(=O)N=C1S[C@H]2CS(=O)(=O)C[C@@H]2N1c1cc(C(F)(F)F)ccc1Cl. The van der Waals surface area contributed by atoms with Gasteiger partial charge in [0.25, 0.3) is 5.91 Å². The molecule has 0 spiro atoms. The molecule has 1 N–H and O–H groups in total. The highest BCUT2D eigenvalue weighted by Gasteiger charge is 2.50. The van der Waals surface area contributed by atoms with Crippen LogP contribution in [0.3, 0.4) is 0 Å². The number of benzene rings is 2. The Kier molecular flexibility index (Phi) is 8.49. The van der Waals surface area contributed by atoms with Crippen molar-refractivity contribution in [2.75, 3.05) is 16.4 Å². The summed E-state index contributed by atoms with van der Waals surface area (Å²) in [5, 5.41) is 1.90. The molecule has 0 radical (unpaired) electrons. The summed E-state index contributed by atoms with van der Waals surface area (Å²) in [6.07, 6.45) is -5.47. The Morgan fingerprint density at radius 3 is 2.45 bits per heavy atom. The van der Waals surface area contributed by atoms with E-state index in [9.17, 15) is 31.2 Å². The third-order valence-electron chi connectivity index (χ3n) is 6.08. The number of hydrogen-bond acceptors (Lipinski definition) is 6. The van der Waals surface area contributed by atoms with Crippen molar-refractivity contribution in [2.24, 2.45) is 4.99 Å². The summed E-state index contributed by atoms with van der Waals surface area (Å²) < 4.78 is 70.7. The van der Waals surface area contributed by atoms with E-state index in [4.69, 9.17) is 16.3 Å². The van der Waals surface area contributed by atoms with Gasteiger partial charge in [-0.05, 0) is 44.5 Å². The largest absolute Gasteiger partial charge is 0.444 e. The predicted molar refractivity (Wildman–Crippen MR) is 148 cm³/mol. The standard InChI is InChI=1S/C26H27ClF3N3O5S2/c1-25(2,3)38-24(35)31-18(11-15-7-5-4-6-8-15)22(34)32-23-33(20-13-40(36,37)14-21(20)39-23)19-12-16(26(28,29)30)9-10-17(19)27/h4-10,12,18,20-21H,11,13-14H2,1-3H3,(H,31,35)/t18-,20+,21+/m1/s1. The van der Waals surface area contributed by atoms with Gasteiger partial charge in [0.15, 0.2) is 15.0 Å². The maximum absolute atomic E-state index is 13.5. The molecule has 0 aromatic heterocycles. The van der Waals surface area contributed by atoms with Crippen LogP contribution in [0.5, 0.6) is 0 Å². The van der Waals surface area contributed by atoms with Crippen LogP contribution < -0.4 is 10.2 Å². The van der Waals surface area contributed by atoms with Crippen molar-refractivity contribution in [1.82, 2.24) is 5.32 Å². The number of aliphatic imine (C=N–C) groups is 1. The Labute approximate surface area is 239 Å². The van der Waals surface area contributed by atoms with E-state index in [2.05, 4.69) is 10.3 Å². The van der Waals surface area contributed by atoms with Gasteiger partial charge in [0.1, 0.15) is 11.6 Å². The van der Waals surface area contributed by atoms with Crippen molar-refractivity contribution in [3.05, 3.63) is 64.7 Å². The number of ether oxygens (including phenoxy) is 1. The van der Waals surface area contributed by atoms with Crippen LogP contribution in [-0.4, -0.2) is 60.0 Å². The van der Waals surface area contributed by atoms with Gasteiger partial charge in [0.2, 0.25) is 0 Å². The number of halogens is 4. The van der Waals surface area contributed by atoms with E-state index < -0.39 is 56.5 Å². The fourth-order valence-electron chi connectivity index (χ4n) is 4.39. The molecule has 2 aliphatic rings. The normalized spacial score (nSPS) is 22.2. The molecule has 2 amide bonds. The molecule has 40 heavy (non-hydrogen) atoms. The second-order valence-corrected chi connectivity index (χ2v) is 14.2. The van der Waals surface area contributed by atoms with E-state index in [0.717, 1.165) is 35.5 Å². The molecule has 14 heteroatoms. The van der Waals surface area contributed by atoms with Gasteiger partial charge in [-0.1, -0.05) is 53.7 Å². The van der Waals surface area contributed by atoms with Crippen LogP contribution in [0.4, 0.5) is 23.7 Å². The lowest BCUT2D eigenvalue weighted by Crippen LogP contribution is -2.45. The molecule has 2 aromatic rings. The zero-order valence-electron chi connectivity index (χ0n) is 21.7. The summed E-state index contributed by atoms with van der Waals surface area (Å²) in [6.45, 7) is 5.00. The van der Waals surface area contributed by atoms with Crippen molar-refractivity contribution >= 4 is 56.1 Å². The first kappa shape index (κ1) is 30.2. The van der Waals surface area contributed by atoms with Gasteiger partial charge in [-0.2, -0.15) is 18.2 Å². The molecule has 0 saturated carbocycles. The third kappa shape index (κ3) is 7.29. The summed E-state index contributed by atoms with van der Waals surface area (Å²) in [6, 6.07) is 9.60. The Morgan fingerprint density at radius 2 is 1.82 bits per heavy atom. The van der Waals surface area contributed by atoms with Crippen LogP contribution in [-0.2, 0) is 32.0 Å². The lowest BCUT2D eigenvalue weighted by molar-refractivity contribution is -0.137. The number of nitrogens with one attached hydrogen (secondary N) is 1. The number of fused-ring (bicyclic) bond motifs is 1. The number of nitrogens with zero attached hydrogens (tertiary/aromatic N) is 2. The zero-order chi connectivity index (χ0) is 29.5. The highest BCUT2D eigenvalue weighted by atomic mass is 35.5. The fraction of sp³-hybridized carbons (Fsp3) is 0.423. The van der Waals surface area contributed by atoms with E-state index in [1.807, 2.05) is 0 Å². The minimum atomic E-state index is -4.68. The first-order valence-corrected chi connectivity index (χ1v) is 15.3. The predicted octanol–water partition coefficient (Wildman–Crippen LogP) is 5.10. The topological polar surface area (TPSA) is 105 Å². The second-order valence-electron chi connectivity index (χ2n) is 10.5. The number of amides is 2. The minimum absolute atomic E-state index is 0.000162. The molecule has 2 aliphatic heterocycles. The maximum Gasteiger partial charge on any atom is 0.416 e. The van der Waals surface area contributed by atoms with Gasteiger partial charge in [-0.25, -0.2) is 13.2 Å². The summed E-state index contributed by atoms with van der Waals surface area (Å²) in [5.74, 6) is -1.35. The molecule has 8 nitrogen and oxygen atoms in total. The van der Waals surface area contributed by atoms with Crippen molar-refractivity contribution in [3.8, 4) is 0 Å². The molecular formula is C26H27ClF3N3O5S2. The molecule has 0 unspecified atom stereocenters. The average Bonchev–Trinajstić information content (AvgIpc) is 3.28. The van der Waals surface area contributed by atoms with E-state index in [0.29, 0.717) is 0 Å². The molecule has 216 valence electrons. The highest BCUT2D eigenvalue weighted by Crippen LogP contribution is 2.44. The van der Waals surface area contributed by atoms with E-state index in [1.165, 1.54) is 4.90 Å². The van der Waals surface area contributed by atoms with Crippen molar-refractivity contribution in [3.63, 3.8) is 0 Å². The number of alkyl carbamates (subject to hydrolysis) is 1. The Hall–Kier alpha value is -2.77. The summed E-state index contributed by atoms with van der Waals surface area (Å²) in [5.41, 5.74) is -1.21. The number of hydrogen-bond donors (Lipinski definition) is 1. The van der Waals surface area contributed by atoms with Crippen molar-refractivity contribution in [2.45, 2.75) is 56.3 Å². The summed E-state index contributed by atoms with van der Waals surface area (Å²) >= 11 is 7.29. The number of anilines is 1. The molecule has 3 atom stereocenters. The lowest BCUT2D eigenvalue weighted by Gasteiger charge is -2.27. The van der Waals surface area contributed by atoms with E-state index in [1.54, 1.807) is 51.1 Å².